The Morgan fingerprint density at radius 2 is 1.95 bits per heavy atom. The van der Waals surface area contributed by atoms with E-state index >= 15 is 0 Å². The summed E-state index contributed by atoms with van der Waals surface area (Å²) in [4.78, 5) is 0. The lowest BCUT2D eigenvalue weighted by Gasteiger charge is -2.26. The molecule has 0 saturated heterocycles. The molecule has 0 bridgehead atoms. The second kappa shape index (κ2) is 6.45. The van der Waals surface area contributed by atoms with Crippen LogP contribution >= 0.6 is 0 Å². The summed E-state index contributed by atoms with van der Waals surface area (Å²) >= 11 is 0. The zero-order valence-corrected chi connectivity index (χ0v) is 12.4. The van der Waals surface area contributed by atoms with Gasteiger partial charge in [-0.15, -0.1) is 0 Å². The Balaban J connectivity index is 1.41. The van der Waals surface area contributed by atoms with Gasteiger partial charge in [-0.25, -0.2) is 0 Å². The third kappa shape index (κ3) is 3.43. The molecule has 1 aliphatic rings. The van der Waals surface area contributed by atoms with Crippen LogP contribution < -0.4 is 5.32 Å². The molecule has 0 amide bonds. The Morgan fingerprint density at radius 3 is 2.75 bits per heavy atom. The molecular formula is C18H25NO. The molecule has 0 aliphatic heterocycles. The molecule has 0 spiro atoms. The number of nitrogens with one attached hydrogen (secondary N) is 1. The Morgan fingerprint density at radius 1 is 1.15 bits per heavy atom. The minimum absolute atomic E-state index is 0.845. The Labute approximate surface area is 121 Å². The van der Waals surface area contributed by atoms with Crippen LogP contribution in [-0.4, -0.2) is 6.54 Å². The van der Waals surface area contributed by atoms with Gasteiger partial charge in [0.25, 0.3) is 0 Å². The molecule has 2 aromatic rings. The normalized spacial score (nSPS) is 23.2. The first-order chi connectivity index (χ1) is 9.81. The van der Waals surface area contributed by atoms with Crippen molar-refractivity contribution in [2.24, 2.45) is 11.8 Å². The summed E-state index contributed by atoms with van der Waals surface area (Å²) < 4.78 is 5.81. The van der Waals surface area contributed by atoms with Gasteiger partial charge >= 0.3 is 0 Å². The van der Waals surface area contributed by atoms with Gasteiger partial charge in [-0.3, -0.25) is 0 Å². The summed E-state index contributed by atoms with van der Waals surface area (Å²) in [5.74, 6) is 2.94. The van der Waals surface area contributed by atoms with Crippen LogP contribution in [0.3, 0.4) is 0 Å². The molecule has 0 atom stereocenters. The van der Waals surface area contributed by atoms with Crippen molar-refractivity contribution < 1.29 is 4.42 Å². The number of hydrogen-bond acceptors (Lipinski definition) is 2. The van der Waals surface area contributed by atoms with Crippen LogP contribution in [-0.2, 0) is 6.54 Å². The zero-order valence-electron chi connectivity index (χ0n) is 12.4. The van der Waals surface area contributed by atoms with E-state index in [0.29, 0.717) is 0 Å². The van der Waals surface area contributed by atoms with Gasteiger partial charge in [0.1, 0.15) is 11.3 Å². The lowest BCUT2D eigenvalue weighted by Crippen LogP contribution is -2.20. The lowest BCUT2D eigenvalue weighted by molar-refractivity contribution is 0.274. The molecule has 1 fully saturated rings. The average Bonchev–Trinajstić information content (AvgIpc) is 2.88. The average molecular weight is 271 g/mol. The highest BCUT2D eigenvalue weighted by atomic mass is 16.3. The molecule has 1 aliphatic carbocycles. The first-order valence-electron chi connectivity index (χ1n) is 7.99. The van der Waals surface area contributed by atoms with Gasteiger partial charge in [-0.2, -0.15) is 0 Å². The maximum atomic E-state index is 5.81. The molecule has 108 valence electrons. The van der Waals surface area contributed by atoms with Crippen LogP contribution in [0.2, 0.25) is 0 Å². The van der Waals surface area contributed by atoms with E-state index in [-0.39, 0.29) is 0 Å². The molecule has 2 nitrogen and oxygen atoms in total. The van der Waals surface area contributed by atoms with Crippen molar-refractivity contribution in [1.29, 1.82) is 0 Å². The highest BCUT2D eigenvalue weighted by Crippen LogP contribution is 2.30. The number of rotatable bonds is 5. The van der Waals surface area contributed by atoms with E-state index in [1.165, 1.54) is 37.5 Å². The maximum Gasteiger partial charge on any atom is 0.134 e. The molecule has 2 heteroatoms. The van der Waals surface area contributed by atoms with Crippen LogP contribution in [0.5, 0.6) is 0 Å². The van der Waals surface area contributed by atoms with Crippen LogP contribution in [0.25, 0.3) is 11.0 Å². The predicted molar refractivity (Wildman–Crippen MR) is 83.7 cm³/mol. The fourth-order valence-electron chi connectivity index (χ4n) is 3.26. The monoisotopic (exact) mass is 271 g/mol. The van der Waals surface area contributed by atoms with Gasteiger partial charge in [0.05, 0.1) is 6.54 Å². The first-order valence-corrected chi connectivity index (χ1v) is 7.99. The fourth-order valence-corrected chi connectivity index (χ4v) is 3.26. The molecule has 1 heterocycles. The number of fused-ring (bicyclic) bond motifs is 1. The topological polar surface area (TPSA) is 25.2 Å². The van der Waals surface area contributed by atoms with Crippen molar-refractivity contribution in [3.05, 3.63) is 36.1 Å². The van der Waals surface area contributed by atoms with E-state index in [4.69, 9.17) is 4.42 Å². The third-order valence-corrected chi connectivity index (χ3v) is 4.64. The highest BCUT2D eigenvalue weighted by molar-refractivity contribution is 5.77. The second-order valence-corrected chi connectivity index (χ2v) is 6.34. The molecule has 1 N–H and O–H groups in total. The molecule has 0 radical (unpaired) electrons. The number of para-hydroxylation sites is 1. The van der Waals surface area contributed by atoms with Crippen LogP contribution in [0.1, 0.15) is 44.8 Å². The summed E-state index contributed by atoms with van der Waals surface area (Å²) in [7, 11) is 0. The van der Waals surface area contributed by atoms with Crippen molar-refractivity contribution in [2.45, 2.75) is 45.6 Å². The van der Waals surface area contributed by atoms with E-state index < -0.39 is 0 Å². The summed E-state index contributed by atoms with van der Waals surface area (Å²) in [6.45, 7) is 4.34. The third-order valence-electron chi connectivity index (χ3n) is 4.64. The van der Waals surface area contributed by atoms with Crippen molar-refractivity contribution in [2.75, 3.05) is 6.54 Å². The van der Waals surface area contributed by atoms with E-state index in [2.05, 4.69) is 30.4 Å². The maximum absolute atomic E-state index is 5.81. The van der Waals surface area contributed by atoms with E-state index in [1.807, 2.05) is 12.1 Å². The largest absolute Gasteiger partial charge is 0.460 e. The standard InChI is InChI=1S/C18H25NO/c1-14-6-8-15(9-7-14)10-11-19-13-17-12-16-4-2-3-5-18(16)20-17/h2-5,12,14-15,19H,6-11,13H2,1H3. The summed E-state index contributed by atoms with van der Waals surface area (Å²) in [6, 6.07) is 10.4. The smallest absolute Gasteiger partial charge is 0.134 e. The molecule has 20 heavy (non-hydrogen) atoms. The second-order valence-electron chi connectivity index (χ2n) is 6.34. The van der Waals surface area contributed by atoms with Crippen molar-refractivity contribution in [3.8, 4) is 0 Å². The molecular weight excluding hydrogens is 246 g/mol. The van der Waals surface area contributed by atoms with Crippen LogP contribution in [0.15, 0.2) is 34.7 Å². The summed E-state index contributed by atoms with van der Waals surface area (Å²) in [5.41, 5.74) is 0.991. The zero-order chi connectivity index (χ0) is 13.8. The van der Waals surface area contributed by atoms with Crippen molar-refractivity contribution in [3.63, 3.8) is 0 Å². The quantitative estimate of drug-likeness (QED) is 0.795. The van der Waals surface area contributed by atoms with Gasteiger partial charge in [-0.1, -0.05) is 50.8 Å². The Bertz CT molecular complexity index is 504. The van der Waals surface area contributed by atoms with Gasteiger partial charge in [-0.05, 0) is 36.9 Å². The molecule has 1 aromatic carbocycles. The fraction of sp³-hybridized carbons (Fsp3) is 0.556. The Hall–Kier alpha value is -1.28. The first kappa shape index (κ1) is 13.7. The Kier molecular flexibility index (Phi) is 4.41. The number of hydrogen-bond donors (Lipinski definition) is 1. The van der Waals surface area contributed by atoms with Crippen molar-refractivity contribution in [1.82, 2.24) is 5.32 Å². The molecule has 1 saturated carbocycles. The SMILES string of the molecule is CC1CCC(CCNCc2cc3ccccc3o2)CC1. The van der Waals surface area contributed by atoms with Crippen molar-refractivity contribution >= 4 is 11.0 Å². The predicted octanol–water partition coefficient (Wildman–Crippen LogP) is 4.74. The van der Waals surface area contributed by atoms with E-state index in [9.17, 15) is 0 Å². The number of benzene rings is 1. The highest BCUT2D eigenvalue weighted by Gasteiger charge is 2.17. The van der Waals surface area contributed by atoms with E-state index in [1.54, 1.807) is 0 Å². The molecule has 0 unspecified atom stereocenters. The van der Waals surface area contributed by atoms with Gasteiger partial charge < -0.3 is 9.73 Å². The minimum Gasteiger partial charge on any atom is -0.460 e. The van der Waals surface area contributed by atoms with Crippen LogP contribution in [0.4, 0.5) is 0 Å². The number of furan rings is 1. The van der Waals surface area contributed by atoms with Crippen LogP contribution in [0, 0.1) is 11.8 Å². The summed E-state index contributed by atoms with van der Waals surface area (Å²) in [5, 5.41) is 4.73. The van der Waals surface area contributed by atoms with E-state index in [0.717, 1.165) is 36.3 Å². The van der Waals surface area contributed by atoms with Gasteiger partial charge in [0.15, 0.2) is 0 Å². The summed E-state index contributed by atoms with van der Waals surface area (Å²) in [6.07, 6.45) is 7.01. The minimum atomic E-state index is 0.845. The molecule has 1 aromatic heterocycles. The molecule has 3 rings (SSSR count). The lowest BCUT2D eigenvalue weighted by atomic mass is 9.81. The van der Waals surface area contributed by atoms with Gasteiger partial charge in [0.2, 0.25) is 0 Å². The van der Waals surface area contributed by atoms with Gasteiger partial charge in [0, 0.05) is 5.39 Å².